The van der Waals surface area contributed by atoms with Crippen molar-refractivity contribution in [1.82, 2.24) is 9.97 Å². The topological polar surface area (TPSA) is 76.5 Å². The normalized spacial score (nSPS) is 18.0. The van der Waals surface area contributed by atoms with Gasteiger partial charge in [0.2, 0.25) is 5.88 Å². The number of anilines is 1. The second-order valence-electron chi connectivity index (χ2n) is 4.77. The van der Waals surface area contributed by atoms with Crippen LogP contribution in [0.5, 0.6) is 5.88 Å². The van der Waals surface area contributed by atoms with Gasteiger partial charge in [-0.3, -0.25) is 0 Å². The zero-order chi connectivity index (χ0) is 13.6. The zero-order valence-electron chi connectivity index (χ0n) is 11.3. The van der Waals surface area contributed by atoms with E-state index >= 15 is 0 Å². The Labute approximate surface area is 113 Å². The van der Waals surface area contributed by atoms with Gasteiger partial charge in [0.05, 0.1) is 18.8 Å². The van der Waals surface area contributed by atoms with Crippen molar-refractivity contribution in [2.45, 2.75) is 31.7 Å². The highest BCUT2D eigenvalue weighted by molar-refractivity contribution is 5.40. The monoisotopic (exact) mass is 267 g/mol. The first-order valence-corrected chi connectivity index (χ1v) is 6.70. The fourth-order valence-electron chi connectivity index (χ4n) is 2.05. The number of rotatable bonds is 6. The maximum Gasteiger partial charge on any atom is 0.218 e. The van der Waals surface area contributed by atoms with Crippen LogP contribution in [0.2, 0.25) is 0 Å². The smallest absolute Gasteiger partial charge is 0.218 e. The van der Waals surface area contributed by atoms with Crippen LogP contribution in [0.3, 0.4) is 0 Å². The maximum atomic E-state index is 9.62. The SMILES string of the molecule is CCCOc1cc(NC2(CO)CCOCC2)ncn1. The molecule has 0 spiro atoms. The third-order valence-electron chi connectivity index (χ3n) is 3.24. The summed E-state index contributed by atoms with van der Waals surface area (Å²) in [6.07, 6.45) is 3.93. The van der Waals surface area contributed by atoms with Gasteiger partial charge in [-0.05, 0) is 19.3 Å². The summed E-state index contributed by atoms with van der Waals surface area (Å²) in [4.78, 5) is 8.24. The molecular weight excluding hydrogens is 246 g/mol. The van der Waals surface area contributed by atoms with Gasteiger partial charge >= 0.3 is 0 Å². The van der Waals surface area contributed by atoms with E-state index in [1.165, 1.54) is 6.33 Å². The number of aromatic nitrogens is 2. The Balaban J connectivity index is 2.04. The van der Waals surface area contributed by atoms with Crippen LogP contribution in [0.1, 0.15) is 26.2 Å². The number of hydrogen-bond acceptors (Lipinski definition) is 6. The van der Waals surface area contributed by atoms with Crippen molar-refractivity contribution in [2.75, 3.05) is 31.7 Å². The molecule has 1 aromatic heterocycles. The number of hydrogen-bond donors (Lipinski definition) is 2. The summed E-state index contributed by atoms with van der Waals surface area (Å²) in [6.45, 7) is 4.04. The highest BCUT2D eigenvalue weighted by Crippen LogP contribution is 2.25. The molecule has 0 radical (unpaired) electrons. The lowest BCUT2D eigenvalue weighted by atomic mass is 9.91. The van der Waals surface area contributed by atoms with Crippen LogP contribution < -0.4 is 10.1 Å². The molecule has 0 aliphatic carbocycles. The summed E-state index contributed by atoms with van der Waals surface area (Å²) in [5.41, 5.74) is -0.353. The predicted octanol–water partition coefficient (Wildman–Crippen LogP) is 1.22. The van der Waals surface area contributed by atoms with E-state index in [9.17, 15) is 5.11 Å². The van der Waals surface area contributed by atoms with E-state index in [4.69, 9.17) is 9.47 Å². The second-order valence-corrected chi connectivity index (χ2v) is 4.77. The Bertz CT molecular complexity index is 394. The van der Waals surface area contributed by atoms with Gasteiger partial charge in [-0.15, -0.1) is 0 Å². The minimum absolute atomic E-state index is 0.0610. The molecule has 0 saturated carbocycles. The summed E-state index contributed by atoms with van der Waals surface area (Å²) in [5, 5.41) is 12.9. The van der Waals surface area contributed by atoms with Crippen LogP contribution >= 0.6 is 0 Å². The largest absolute Gasteiger partial charge is 0.478 e. The lowest BCUT2D eigenvalue weighted by Crippen LogP contribution is -2.47. The number of aliphatic hydroxyl groups excluding tert-OH is 1. The summed E-state index contributed by atoms with van der Waals surface area (Å²) >= 11 is 0. The van der Waals surface area contributed by atoms with E-state index in [1.807, 2.05) is 6.92 Å². The molecule has 2 N–H and O–H groups in total. The lowest BCUT2D eigenvalue weighted by Gasteiger charge is -2.36. The van der Waals surface area contributed by atoms with Crippen LogP contribution in [-0.4, -0.2) is 47.0 Å². The van der Waals surface area contributed by atoms with Crippen molar-refractivity contribution in [1.29, 1.82) is 0 Å². The molecule has 6 heteroatoms. The molecule has 2 rings (SSSR count). The van der Waals surface area contributed by atoms with Gasteiger partial charge in [0.25, 0.3) is 0 Å². The zero-order valence-corrected chi connectivity index (χ0v) is 11.3. The molecule has 0 aromatic carbocycles. The van der Waals surface area contributed by atoms with Gasteiger partial charge in [0, 0.05) is 19.3 Å². The first kappa shape index (κ1) is 14.0. The Morgan fingerprint density at radius 3 is 2.89 bits per heavy atom. The van der Waals surface area contributed by atoms with E-state index in [0.29, 0.717) is 31.5 Å². The van der Waals surface area contributed by atoms with Crippen molar-refractivity contribution < 1.29 is 14.6 Å². The molecule has 1 aromatic rings. The molecule has 19 heavy (non-hydrogen) atoms. The maximum absolute atomic E-state index is 9.62. The Morgan fingerprint density at radius 1 is 1.42 bits per heavy atom. The number of nitrogens with zero attached hydrogens (tertiary/aromatic N) is 2. The first-order chi connectivity index (χ1) is 9.28. The minimum Gasteiger partial charge on any atom is -0.478 e. The molecule has 1 saturated heterocycles. The van der Waals surface area contributed by atoms with E-state index < -0.39 is 0 Å². The van der Waals surface area contributed by atoms with Crippen molar-refractivity contribution >= 4 is 5.82 Å². The second kappa shape index (κ2) is 6.68. The molecular formula is C13H21N3O3. The summed E-state index contributed by atoms with van der Waals surface area (Å²) in [5.74, 6) is 1.23. The molecule has 1 aliphatic heterocycles. The van der Waals surface area contributed by atoms with E-state index in [0.717, 1.165) is 19.3 Å². The molecule has 0 bridgehead atoms. The van der Waals surface area contributed by atoms with Crippen LogP contribution in [-0.2, 0) is 4.74 Å². The van der Waals surface area contributed by atoms with Gasteiger partial charge in [-0.1, -0.05) is 6.92 Å². The van der Waals surface area contributed by atoms with Crippen molar-refractivity contribution in [3.8, 4) is 5.88 Å². The molecule has 1 aliphatic rings. The molecule has 0 amide bonds. The van der Waals surface area contributed by atoms with Gasteiger partial charge in [-0.2, -0.15) is 0 Å². The fourth-order valence-corrected chi connectivity index (χ4v) is 2.05. The Hall–Kier alpha value is -1.40. The van der Waals surface area contributed by atoms with Crippen LogP contribution in [0.4, 0.5) is 5.82 Å². The lowest BCUT2D eigenvalue weighted by molar-refractivity contribution is 0.0378. The highest BCUT2D eigenvalue weighted by atomic mass is 16.5. The number of nitrogens with one attached hydrogen (secondary N) is 1. The Morgan fingerprint density at radius 2 is 2.21 bits per heavy atom. The quantitative estimate of drug-likeness (QED) is 0.807. The Kier molecular flexibility index (Phi) is 4.93. The summed E-state index contributed by atoms with van der Waals surface area (Å²) in [7, 11) is 0. The molecule has 2 heterocycles. The average Bonchev–Trinajstić information content (AvgIpc) is 2.46. The highest BCUT2D eigenvalue weighted by Gasteiger charge is 2.32. The van der Waals surface area contributed by atoms with Crippen molar-refractivity contribution in [2.24, 2.45) is 0 Å². The molecule has 1 fully saturated rings. The molecule has 106 valence electrons. The first-order valence-electron chi connectivity index (χ1n) is 6.70. The fraction of sp³-hybridized carbons (Fsp3) is 0.692. The van der Waals surface area contributed by atoms with Crippen LogP contribution in [0.15, 0.2) is 12.4 Å². The van der Waals surface area contributed by atoms with E-state index in [-0.39, 0.29) is 12.1 Å². The van der Waals surface area contributed by atoms with Gasteiger partial charge in [-0.25, -0.2) is 9.97 Å². The standard InChI is InChI=1S/C13H21N3O3/c1-2-5-19-12-8-11(14-10-15-12)16-13(9-17)3-6-18-7-4-13/h8,10,17H,2-7,9H2,1H3,(H,14,15,16). The van der Waals surface area contributed by atoms with Crippen LogP contribution in [0.25, 0.3) is 0 Å². The van der Waals surface area contributed by atoms with Gasteiger partial charge < -0.3 is 19.9 Å². The van der Waals surface area contributed by atoms with Gasteiger partial charge in [0.15, 0.2) is 0 Å². The summed E-state index contributed by atoms with van der Waals surface area (Å²) in [6, 6.07) is 1.77. The predicted molar refractivity (Wildman–Crippen MR) is 71.3 cm³/mol. The summed E-state index contributed by atoms with van der Waals surface area (Å²) < 4.78 is 10.8. The third-order valence-corrected chi connectivity index (χ3v) is 3.24. The molecule has 0 atom stereocenters. The third kappa shape index (κ3) is 3.78. The molecule has 0 unspecified atom stereocenters. The average molecular weight is 267 g/mol. The number of ether oxygens (including phenoxy) is 2. The van der Waals surface area contributed by atoms with Crippen molar-refractivity contribution in [3.63, 3.8) is 0 Å². The number of aliphatic hydroxyl groups is 1. The van der Waals surface area contributed by atoms with Crippen LogP contribution in [0, 0.1) is 0 Å². The van der Waals surface area contributed by atoms with Crippen molar-refractivity contribution in [3.05, 3.63) is 12.4 Å². The van der Waals surface area contributed by atoms with Gasteiger partial charge in [0.1, 0.15) is 12.1 Å². The van der Waals surface area contributed by atoms with E-state index in [2.05, 4.69) is 15.3 Å². The minimum atomic E-state index is -0.353. The van der Waals surface area contributed by atoms with E-state index in [1.54, 1.807) is 6.07 Å². The molecule has 6 nitrogen and oxygen atoms in total.